The molecule has 2 aromatic rings. The van der Waals surface area contributed by atoms with Gasteiger partial charge in [0.15, 0.2) is 5.58 Å². The van der Waals surface area contributed by atoms with Gasteiger partial charge in [-0.3, -0.25) is 0 Å². The smallest absolute Gasteiger partial charge is 0.205 e. The summed E-state index contributed by atoms with van der Waals surface area (Å²) in [5, 5.41) is 9.56. The molecule has 0 aliphatic heterocycles. The van der Waals surface area contributed by atoms with Gasteiger partial charge in [-0.1, -0.05) is 19.1 Å². The van der Waals surface area contributed by atoms with E-state index < -0.39 is 0 Å². The van der Waals surface area contributed by atoms with Gasteiger partial charge in [-0.2, -0.15) is 0 Å². The third-order valence-corrected chi connectivity index (χ3v) is 3.82. The van der Waals surface area contributed by atoms with Gasteiger partial charge in [0.05, 0.1) is 11.9 Å². The van der Waals surface area contributed by atoms with Crippen molar-refractivity contribution >= 4 is 22.9 Å². The fraction of sp³-hybridized carbons (Fsp3) is 0.417. The summed E-state index contributed by atoms with van der Waals surface area (Å²) in [5.74, 6) is 1.42. The predicted octanol–water partition coefficient (Wildman–Crippen LogP) is 2.83. The van der Waals surface area contributed by atoms with Crippen molar-refractivity contribution in [2.45, 2.75) is 31.0 Å². The summed E-state index contributed by atoms with van der Waals surface area (Å²) < 4.78 is 5.58. The lowest BCUT2D eigenvalue weighted by Crippen LogP contribution is -2.15. The number of aliphatic hydroxyl groups excluding tert-OH is 1. The van der Waals surface area contributed by atoms with Crippen LogP contribution in [0.3, 0.4) is 0 Å². The maximum Gasteiger partial charge on any atom is 0.205 e. The quantitative estimate of drug-likeness (QED) is 0.888. The summed E-state index contributed by atoms with van der Waals surface area (Å²) in [6.45, 7) is 3.79. The second-order valence-corrected chi connectivity index (χ2v) is 5.20. The highest BCUT2D eigenvalue weighted by atomic mass is 32.2. The predicted molar refractivity (Wildman–Crippen MR) is 66.4 cm³/mol. The molecule has 2 unspecified atom stereocenters. The Morgan fingerprint density at radius 3 is 2.81 bits per heavy atom. The van der Waals surface area contributed by atoms with Crippen LogP contribution in [0.5, 0.6) is 0 Å². The van der Waals surface area contributed by atoms with Crippen molar-refractivity contribution in [1.29, 1.82) is 0 Å². The van der Waals surface area contributed by atoms with Gasteiger partial charge in [0.25, 0.3) is 0 Å². The van der Waals surface area contributed by atoms with Gasteiger partial charge in [-0.05, 0) is 19.1 Å². The Kier molecular flexibility index (Phi) is 3.51. The van der Waals surface area contributed by atoms with Crippen molar-refractivity contribution in [3.8, 4) is 0 Å². The van der Waals surface area contributed by atoms with Crippen LogP contribution in [0.15, 0.2) is 28.7 Å². The van der Waals surface area contributed by atoms with Gasteiger partial charge >= 0.3 is 0 Å². The molecule has 4 heteroatoms. The zero-order chi connectivity index (χ0) is 11.5. The molecular formula is C12H15NO2S. The highest BCUT2D eigenvalue weighted by Crippen LogP contribution is 2.22. The molecule has 0 aliphatic carbocycles. The summed E-state index contributed by atoms with van der Waals surface area (Å²) in [6.07, 6.45) is -0.311. The number of hydrogen-bond donors (Lipinski definition) is 1. The first-order valence-corrected chi connectivity index (χ1v) is 6.36. The zero-order valence-electron chi connectivity index (χ0n) is 9.38. The van der Waals surface area contributed by atoms with Gasteiger partial charge < -0.3 is 9.52 Å². The lowest BCUT2D eigenvalue weighted by Gasteiger charge is -2.12. The molecule has 1 aromatic heterocycles. The van der Waals surface area contributed by atoms with E-state index in [-0.39, 0.29) is 11.4 Å². The number of nitrogens with zero attached hydrogens (tertiary/aromatic N) is 1. The molecule has 2 rings (SSSR count). The van der Waals surface area contributed by atoms with E-state index in [1.54, 1.807) is 18.7 Å². The second kappa shape index (κ2) is 4.89. The molecule has 86 valence electrons. The Hall–Kier alpha value is -1.00. The topological polar surface area (TPSA) is 46.3 Å². The van der Waals surface area contributed by atoms with E-state index in [0.717, 1.165) is 17.0 Å². The molecule has 0 amide bonds. The van der Waals surface area contributed by atoms with E-state index in [2.05, 4.69) is 4.98 Å². The van der Waals surface area contributed by atoms with Crippen molar-refractivity contribution in [2.75, 3.05) is 0 Å². The van der Waals surface area contributed by atoms with E-state index in [0.29, 0.717) is 5.75 Å². The van der Waals surface area contributed by atoms with E-state index in [4.69, 9.17) is 4.42 Å². The van der Waals surface area contributed by atoms with Gasteiger partial charge in [0, 0.05) is 5.25 Å². The van der Waals surface area contributed by atoms with Crippen LogP contribution in [0.1, 0.15) is 19.7 Å². The van der Waals surface area contributed by atoms with E-state index in [1.807, 2.05) is 31.2 Å². The molecule has 0 aliphatic rings. The first-order valence-electron chi connectivity index (χ1n) is 5.31. The van der Waals surface area contributed by atoms with E-state index in [1.165, 1.54) is 0 Å². The van der Waals surface area contributed by atoms with Crippen LogP contribution >= 0.6 is 11.8 Å². The van der Waals surface area contributed by atoms with Crippen molar-refractivity contribution in [1.82, 2.24) is 4.98 Å². The number of aromatic nitrogens is 1. The van der Waals surface area contributed by atoms with Gasteiger partial charge in [0.1, 0.15) is 5.52 Å². The number of para-hydroxylation sites is 2. The van der Waals surface area contributed by atoms with Crippen LogP contribution < -0.4 is 0 Å². The highest BCUT2D eigenvalue weighted by molar-refractivity contribution is 7.99. The fourth-order valence-electron chi connectivity index (χ4n) is 1.32. The minimum absolute atomic E-state index is 0.190. The van der Waals surface area contributed by atoms with Gasteiger partial charge in [0.2, 0.25) is 5.89 Å². The number of thioether (sulfide) groups is 1. The minimum atomic E-state index is -0.311. The average molecular weight is 237 g/mol. The molecule has 0 bridgehead atoms. The molecule has 0 saturated heterocycles. The lowest BCUT2D eigenvalue weighted by atomic mass is 10.3. The van der Waals surface area contributed by atoms with Crippen molar-refractivity contribution in [3.63, 3.8) is 0 Å². The average Bonchev–Trinajstić information content (AvgIpc) is 2.68. The first kappa shape index (κ1) is 11.5. The van der Waals surface area contributed by atoms with Crippen LogP contribution in [0.4, 0.5) is 0 Å². The number of aliphatic hydroxyl groups is 1. The Balaban J connectivity index is 2.05. The van der Waals surface area contributed by atoms with Crippen LogP contribution in [0.25, 0.3) is 11.1 Å². The number of hydrogen-bond acceptors (Lipinski definition) is 4. The number of fused-ring (bicyclic) bond motifs is 1. The Bertz CT molecular complexity index is 434. The number of rotatable bonds is 4. The Morgan fingerprint density at radius 2 is 2.12 bits per heavy atom. The third kappa shape index (κ3) is 2.57. The molecule has 0 fully saturated rings. The summed E-state index contributed by atoms with van der Waals surface area (Å²) in [4.78, 5) is 4.37. The first-order chi connectivity index (χ1) is 7.66. The van der Waals surface area contributed by atoms with Gasteiger partial charge in [-0.25, -0.2) is 4.98 Å². The van der Waals surface area contributed by atoms with E-state index >= 15 is 0 Å². The lowest BCUT2D eigenvalue weighted by molar-refractivity contribution is 0.196. The molecule has 2 atom stereocenters. The van der Waals surface area contributed by atoms with Crippen LogP contribution in [-0.2, 0) is 5.75 Å². The molecule has 1 aromatic carbocycles. The maximum absolute atomic E-state index is 9.37. The number of benzene rings is 1. The van der Waals surface area contributed by atoms with Gasteiger partial charge in [-0.15, -0.1) is 11.8 Å². The molecule has 0 radical (unpaired) electrons. The monoisotopic (exact) mass is 237 g/mol. The molecule has 0 saturated carbocycles. The Labute approximate surface area is 98.9 Å². The zero-order valence-corrected chi connectivity index (χ0v) is 10.2. The largest absolute Gasteiger partial charge is 0.440 e. The summed E-state index contributed by atoms with van der Waals surface area (Å²) in [6, 6.07) is 7.72. The van der Waals surface area contributed by atoms with E-state index in [9.17, 15) is 5.11 Å². The summed E-state index contributed by atoms with van der Waals surface area (Å²) >= 11 is 1.65. The van der Waals surface area contributed by atoms with Crippen molar-refractivity contribution in [3.05, 3.63) is 30.2 Å². The highest BCUT2D eigenvalue weighted by Gasteiger charge is 2.11. The SMILES string of the molecule is CC(O)C(C)SCc1nc2ccccc2o1. The van der Waals surface area contributed by atoms with Crippen LogP contribution in [0.2, 0.25) is 0 Å². The molecule has 1 heterocycles. The molecule has 3 nitrogen and oxygen atoms in total. The molecule has 1 N–H and O–H groups in total. The van der Waals surface area contributed by atoms with Crippen molar-refractivity contribution < 1.29 is 9.52 Å². The van der Waals surface area contributed by atoms with Crippen LogP contribution in [-0.4, -0.2) is 21.4 Å². The van der Waals surface area contributed by atoms with Crippen molar-refractivity contribution in [2.24, 2.45) is 0 Å². The van der Waals surface area contributed by atoms with Crippen LogP contribution in [0, 0.1) is 0 Å². The Morgan fingerprint density at radius 1 is 1.38 bits per heavy atom. The minimum Gasteiger partial charge on any atom is -0.440 e. The second-order valence-electron chi connectivity index (χ2n) is 3.83. The molecule has 0 spiro atoms. The summed E-state index contributed by atoms with van der Waals surface area (Å²) in [7, 11) is 0. The standard InChI is InChI=1S/C12H15NO2S/c1-8(14)9(2)16-7-12-13-10-5-3-4-6-11(10)15-12/h3-6,8-9,14H,7H2,1-2H3. The maximum atomic E-state index is 9.37. The summed E-state index contributed by atoms with van der Waals surface area (Å²) in [5.41, 5.74) is 1.71. The third-order valence-electron chi connectivity index (χ3n) is 2.49. The normalized spacial score (nSPS) is 15.2. The molecular weight excluding hydrogens is 222 g/mol. The fourth-order valence-corrected chi connectivity index (χ4v) is 2.13. The number of oxazole rings is 1. The molecule has 16 heavy (non-hydrogen) atoms.